The first kappa shape index (κ1) is 10.4. The summed E-state index contributed by atoms with van der Waals surface area (Å²) in [7, 11) is 0. The number of nitrogens with zero attached hydrogens (tertiary/aromatic N) is 1. The number of aliphatic hydroxyl groups is 1. The Morgan fingerprint density at radius 1 is 1.47 bits per heavy atom. The van der Waals surface area contributed by atoms with E-state index in [9.17, 15) is 5.11 Å². The summed E-state index contributed by atoms with van der Waals surface area (Å²) in [5, 5.41) is 9.59. The molecule has 4 heteroatoms. The van der Waals surface area contributed by atoms with Crippen LogP contribution < -0.4 is 10.5 Å². The lowest BCUT2D eigenvalue weighted by molar-refractivity contribution is 0.0601. The summed E-state index contributed by atoms with van der Waals surface area (Å²) >= 11 is 0. The molecule has 0 aromatic carbocycles. The normalized spacial score (nSPS) is 25.5. The Morgan fingerprint density at radius 3 is 2.87 bits per heavy atom. The van der Waals surface area contributed by atoms with E-state index in [2.05, 4.69) is 4.98 Å². The minimum Gasteiger partial charge on any atom is -0.486 e. The molecule has 1 fully saturated rings. The third-order valence-corrected chi connectivity index (χ3v) is 2.71. The van der Waals surface area contributed by atoms with Gasteiger partial charge in [-0.05, 0) is 31.4 Å². The monoisotopic (exact) mass is 208 g/mol. The van der Waals surface area contributed by atoms with E-state index in [1.54, 1.807) is 6.20 Å². The van der Waals surface area contributed by atoms with E-state index in [0.29, 0.717) is 12.3 Å². The molecule has 0 amide bonds. The number of aromatic nitrogens is 1. The van der Waals surface area contributed by atoms with E-state index in [1.807, 2.05) is 12.1 Å². The lowest BCUT2D eigenvalue weighted by atomic mass is 10.2. The highest BCUT2D eigenvalue weighted by Gasteiger charge is 2.26. The molecule has 82 valence electrons. The lowest BCUT2D eigenvalue weighted by Crippen LogP contribution is -2.25. The van der Waals surface area contributed by atoms with Gasteiger partial charge in [-0.1, -0.05) is 0 Å². The molecule has 0 radical (unpaired) electrons. The Kier molecular flexibility index (Phi) is 3.18. The SMILES string of the molecule is NCc1ccc(OC2CCCC2O)cn1. The Labute approximate surface area is 89.1 Å². The highest BCUT2D eigenvalue weighted by Crippen LogP contribution is 2.24. The summed E-state index contributed by atoms with van der Waals surface area (Å²) in [5.74, 6) is 0.707. The lowest BCUT2D eigenvalue weighted by Gasteiger charge is -2.16. The van der Waals surface area contributed by atoms with Gasteiger partial charge in [0.25, 0.3) is 0 Å². The molecular weight excluding hydrogens is 192 g/mol. The summed E-state index contributed by atoms with van der Waals surface area (Å²) in [6, 6.07) is 3.69. The Morgan fingerprint density at radius 2 is 2.33 bits per heavy atom. The Hall–Kier alpha value is -1.13. The first-order valence-electron chi connectivity index (χ1n) is 5.29. The molecule has 1 aliphatic rings. The zero-order valence-corrected chi connectivity index (χ0v) is 8.60. The molecule has 1 saturated carbocycles. The van der Waals surface area contributed by atoms with Crippen LogP contribution in [0.1, 0.15) is 25.0 Å². The maximum atomic E-state index is 9.59. The first-order chi connectivity index (χ1) is 7.29. The van der Waals surface area contributed by atoms with Crippen LogP contribution in [0.5, 0.6) is 5.75 Å². The molecule has 2 atom stereocenters. The van der Waals surface area contributed by atoms with E-state index < -0.39 is 0 Å². The minimum absolute atomic E-state index is 0.0736. The van der Waals surface area contributed by atoms with Gasteiger partial charge in [0.05, 0.1) is 18.0 Å². The third-order valence-electron chi connectivity index (χ3n) is 2.71. The van der Waals surface area contributed by atoms with Crippen LogP contribution in [0.15, 0.2) is 18.3 Å². The van der Waals surface area contributed by atoms with Gasteiger partial charge in [0, 0.05) is 6.54 Å². The van der Waals surface area contributed by atoms with E-state index in [0.717, 1.165) is 25.0 Å². The molecule has 1 aromatic heterocycles. The molecular formula is C11H16N2O2. The van der Waals surface area contributed by atoms with Gasteiger partial charge in [-0.2, -0.15) is 0 Å². The van der Waals surface area contributed by atoms with Crippen LogP contribution in [0.25, 0.3) is 0 Å². The number of aliphatic hydroxyl groups excluding tert-OH is 1. The maximum Gasteiger partial charge on any atom is 0.138 e. The molecule has 3 N–H and O–H groups in total. The van der Waals surface area contributed by atoms with Gasteiger partial charge < -0.3 is 15.6 Å². The molecule has 15 heavy (non-hydrogen) atoms. The zero-order chi connectivity index (χ0) is 10.7. The van der Waals surface area contributed by atoms with Crippen LogP contribution >= 0.6 is 0 Å². The van der Waals surface area contributed by atoms with Crippen molar-refractivity contribution in [3.8, 4) is 5.75 Å². The molecule has 2 unspecified atom stereocenters. The highest BCUT2D eigenvalue weighted by molar-refractivity contribution is 5.20. The van der Waals surface area contributed by atoms with Crippen molar-refractivity contribution in [2.75, 3.05) is 0 Å². The molecule has 1 heterocycles. The van der Waals surface area contributed by atoms with E-state index in [1.165, 1.54) is 0 Å². The van der Waals surface area contributed by atoms with E-state index >= 15 is 0 Å². The highest BCUT2D eigenvalue weighted by atomic mass is 16.5. The van der Waals surface area contributed by atoms with Crippen LogP contribution in [0.3, 0.4) is 0 Å². The number of ether oxygens (including phenoxy) is 1. The van der Waals surface area contributed by atoms with Crippen molar-refractivity contribution in [2.24, 2.45) is 5.73 Å². The topological polar surface area (TPSA) is 68.4 Å². The second kappa shape index (κ2) is 4.59. The van der Waals surface area contributed by atoms with Crippen molar-refractivity contribution in [2.45, 2.75) is 38.0 Å². The summed E-state index contributed by atoms with van der Waals surface area (Å²) in [5.41, 5.74) is 6.28. The van der Waals surface area contributed by atoms with Gasteiger partial charge in [-0.25, -0.2) is 0 Å². The molecule has 2 rings (SSSR count). The van der Waals surface area contributed by atoms with Gasteiger partial charge >= 0.3 is 0 Å². The summed E-state index contributed by atoms with van der Waals surface area (Å²) < 4.78 is 5.63. The molecule has 0 bridgehead atoms. The predicted octanol–water partition coefficient (Wildman–Crippen LogP) is 0.832. The number of rotatable bonds is 3. The second-order valence-corrected chi connectivity index (χ2v) is 3.84. The molecule has 0 aliphatic heterocycles. The Balaban J connectivity index is 1.98. The quantitative estimate of drug-likeness (QED) is 0.772. The fraction of sp³-hybridized carbons (Fsp3) is 0.545. The maximum absolute atomic E-state index is 9.59. The van der Waals surface area contributed by atoms with Crippen LogP contribution in [-0.2, 0) is 6.54 Å². The van der Waals surface area contributed by atoms with Crippen LogP contribution in [0, 0.1) is 0 Å². The number of pyridine rings is 1. The van der Waals surface area contributed by atoms with Gasteiger partial charge in [0.2, 0.25) is 0 Å². The number of hydrogen-bond donors (Lipinski definition) is 2. The van der Waals surface area contributed by atoms with Crippen molar-refractivity contribution in [3.05, 3.63) is 24.0 Å². The van der Waals surface area contributed by atoms with Crippen molar-refractivity contribution in [3.63, 3.8) is 0 Å². The average Bonchev–Trinajstić information content (AvgIpc) is 2.66. The van der Waals surface area contributed by atoms with E-state index in [-0.39, 0.29) is 12.2 Å². The second-order valence-electron chi connectivity index (χ2n) is 3.84. The van der Waals surface area contributed by atoms with Gasteiger partial charge in [0.15, 0.2) is 0 Å². The minimum atomic E-state index is -0.334. The van der Waals surface area contributed by atoms with Gasteiger partial charge in [-0.3, -0.25) is 4.98 Å². The summed E-state index contributed by atoms with van der Waals surface area (Å²) in [6.07, 6.45) is 4.03. The molecule has 0 saturated heterocycles. The van der Waals surface area contributed by atoms with Crippen molar-refractivity contribution >= 4 is 0 Å². The zero-order valence-electron chi connectivity index (χ0n) is 8.60. The van der Waals surface area contributed by atoms with Gasteiger partial charge in [-0.15, -0.1) is 0 Å². The van der Waals surface area contributed by atoms with Crippen LogP contribution in [0.4, 0.5) is 0 Å². The van der Waals surface area contributed by atoms with E-state index in [4.69, 9.17) is 10.5 Å². The van der Waals surface area contributed by atoms with Crippen LogP contribution in [0.2, 0.25) is 0 Å². The first-order valence-corrected chi connectivity index (χ1v) is 5.29. The van der Waals surface area contributed by atoms with Crippen molar-refractivity contribution in [1.29, 1.82) is 0 Å². The molecule has 0 spiro atoms. The summed E-state index contributed by atoms with van der Waals surface area (Å²) in [4.78, 5) is 4.13. The third kappa shape index (κ3) is 2.46. The molecule has 1 aromatic rings. The fourth-order valence-corrected chi connectivity index (χ4v) is 1.82. The van der Waals surface area contributed by atoms with Crippen molar-refractivity contribution in [1.82, 2.24) is 4.98 Å². The number of hydrogen-bond acceptors (Lipinski definition) is 4. The fourth-order valence-electron chi connectivity index (χ4n) is 1.82. The largest absolute Gasteiger partial charge is 0.486 e. The standard InChI is InChI=1S/C11H16N2O2/c12-6-8-4-5-9(7-13-8)15-11-3-1-2-10(11)14/h4-5,7,10-11,14H,1-3,6,12H2. The smallest absolute Gasteiger partial charge is 0.138 e. The molecule has 1 aliphatic carbocycles. The average molecular weight is 208 g/mol. The Bertz CT molecular complexity index is 313. The number of nitrogens with two attached hydrogens (primary N) is 1. The van der Waals surface area contributed by atoms with Crippen LogP contribution in [-0.4, -0.2) is 22.3 Å². The summed E-state index contributed by atoms with van der Waals surface area (Å²) in [6.45, 7) is 0.437. The van der Waals surface area contributed by atoms with Gasteiger partial charge in [0.1, 0.15) is 11.9 Å². The predicted molar refractivity (Wildman–Crippen MR) is 56.4 cm³/mol. The molecule has 4 nitrogen and oxygen atoms in total. The van der Waals surface area contributed by atoms with Crippen molar-refractivity contribution < 1.29 is 9.84 Å².